The normalized spacial score (nSPS) is 21.7. The fraction of sp³-hybridized carbons (Fsp3) is 0.556. The molecule has 0 aliphatic heterocycles. The van der Waals surface area contributed by atoms with Crippen LogP contribution >= 0.6 is 0 Å². The summed E-state index contributed by atoms with van der Waals surface area (Å²) in [5.41, 5.74) is 0.0609. The molecule has 2 saturated carbocycles. The van der Waals surface area contributed by atoms with Gasteiger partial charge in [-0.3, -0.25) is 4.79 Å². The van der Waals surface area contributed by atoms with Gasteiger partial charge in [0.05, 0.1) is 31.8 Å². The fourth-order valence-electron chi connectivity index (χ4n) is 6.89. The lowest BCUT2D eigenvalue weighted by Crippen LogP contribution is -2.30. The van der Waals surface area contributed by atoms with E-state index < -0.39 is 5.97 Å². The SMILES string of the molecule is [C-]#[N+]c1c(C#N)c(OC(=O)C2CCC(C3CCC(CCCC)CC3)CC2)c2ccccc2c1OCCCCOC(=O)C=C. The van der Waals surface area contributed by atoms with E-state index in [1.807, 2.05) is 18.2 Å². The van der Waals surface area contributed by atoms with Crippen molar-refractivity contribution >= 4 is 28.4 Å². The Labute approximate surface area is 256 Å². The molecule has 0 saturated heterocycles. The van der Waals surface area contributed by atoms with E-state index in [-0.39, 0.29) is 42.1 Å². The number of unbranched alkanes of at least 4 members (excludes halogenated alkanes) is 2. The first-order chi connectivity index (χ1) is 21.0. The lowest BCUT2D eigenvalue weighted by molar-refractivity contribution is -0.140. The van der Waals surface area contributed by atoms with Crippen LogP contribution in [0, 0.1) is 41.6 Å². The molecule has 0 unspecified atom stereocenters. The summed E-state index contributed by atoms with van der Waals surface area (Å²) in [6, 6.07) is 9.36. The van der Waals surface area contributed by atoms with Crippen molar-refractivity contribution < 1.29 is 23.8 Å². The second-order valence-corrected chi connectivity index (χ2v) is 12.0. The van der Waals surface area contributed by atoms with Gasteiger partial charge in [0.2, 0.25) is 5.69 Å². The van der Waals surface area contributed by atoms with E-state index in [1.165, 1.54) is 44.9 Å². The molecule has 0 heterocycles. The Hall–Kier alpha value is -3.84. The molecule has 43 heavy (non-hydrogen) atoms. The Balaban J connectivity index is 1.41. The van der Waals surface area contributed by atoms with Gasteiger partial charge in [-0.05, 0) is 69.1 Å². The number of esters is 2. The van der Waals surface area contributed by atoms with Crippen LogP contribution in [0.2, 0.25) is 0 Å². The molecule has 4 rings (SSSR count). The van der Waals surface area contributed by atoms with Crippen LogP contribution in [0.15, 0.2) is 36.9 Å². The molecule has 0 aromatic heterocycles. The van der Waals surface area contributed by atoms with Gasteiger partial charge in [-0.2, -0.15) is 5.26 Å². The quantitative estimate of drug-likeness (QED) is 0.0768. The topological polar surface area (TPSA) is 90.0 Å². The molecule has 7 heteroatoms. The summed E-state index contributed by atoms with van der Waals surface area (Å²) in [4.78, 5) is 28.3. The molecule has 0 atom stereocenters. The molecule has 2 aromatic rings. The van der Waals surface area contributed by atoms with Gasteiger partial charge in [0.25, 0.3) is 0 Å². The number of hydrogen-bond acceptors (Lipinski definition) is 6. The Morgan fingerprint density at radius 3 is 2.21 bits per heavy atom. The van der Waals surface area contributed by atoms with E-state index in [1.54, 1.807) is 6.07 Å². The second kappa shape index (κ2) is 16.1. The molecule has 2 aliphatic rings. The summed E-state index contributed by atoms with van der Waals surface area (Å²) < 4.78 is 17.0. The highest BCUT2D eigenvalue weighted by Crippen LogP contribution is 2.47. The standard InChI is InChI=1S/C36H44N2O5/c1-4-6-11-25-14-16-26(17-15-25)27-18-20-28(21-19-27)36(40)43-34-29-12-7-8-13-30(29)35(33(38-3)31(34)24-37)42-23-10-9-22-41-32(39)5-2/h5,7-8,12-13,25-28H,2,4,6,9-11,14-23H2,1H3. The number of rotatable bonds is 13. The smallest absolute Gasteiger partial charge is 0.330 e. The van der Waals surface area contributed by atoms with Crippen LogP contribution in [0.1, 0.15) is 96.0 Å². The number of ether oxygens (including phenoxy) is 3. The Bertz CT molecular complexity index is 1350. The third-order valence-corrected chi connectivity index (χ3v) is 9.35. The van der Waals surface area contributed by atoms with Crippen LogP contribution in [-0.4, -0.2) is 25.2 Å². The number of nitriles is 1. The van der Waals surface area contributed by atoms with Crippen molar-refractivity contribution in [2.24, 2.45) is 23.7 Å². The summed E-state index contributed by atoms with van der Waals surface area (Å²) in [5, 5.41) is 11.3. The number of carbonyl (C=O) groups excluding carboxylic acids is 2. The molecular weight excluding hydrogens is 540 g/mol. The first kappa shape index (κ1) is 32.1. The summed E-state index contributed by atoms with van der Waals surface area (Å²) in [6.07, 6.45) is 15.3. The number of benzene rings is 2. The fourth-order valence-corrected chi connectivity index (χ4v) is 6.89. The summed E-state index contributed by atoms with van der Waals surface area (Å²) >= 11 is 0. The van der Waals surface area contributed by atoms with E-state index in [2.05, 4.69) is 24.4 Å². The minimum Gasteiger partial charge on any atom is -0.504 e. The van der Waals surface area contributed by atoms with Crippen LogP contribution in [-0.2, 0) is 14.3 Å². The van der Waals surface area contributed by atoms with Gasteiger partial charge >= 0.3 is 11.9 Å². The van der Waals surface area contributed by atoms with Crippen molar-refractivity contribution in [1.82, 2.24) is 0 Å². The number of nitrogens with zero attached hydrogens (tertiary/aromatic N) is 2. The zero-order valence-electron chi connectivity index (χ0n) is 25.4. The van der Waals surface area contributed by atoms with Crippen molar-refractivity contribution in [3.05, 3.63) is 53.9 Å². The number of carbonyl (C=O) groups is 2. The predicted molar refractivity (Wildman–Crippen MR) is 167 cm³/mol. The number of fused-ring (bicyclic) bond motifs is 1. The van der Waals surface area contributed by atoms with Crippen LogP contribution in [0.5, 0.6) is 11.5 Å². The molecular formula is C36H44N2O5. The predicted octanol–water partition coefficient (Wildman–Crippen LogP) is 8.86. The molecule has 0 amide bonds. The van der Waals surface area contributed by atoms with Crippen LogP contribution in [0.3, 0.4) is 0 Å². The Morgan fingerprint density at radius 2 is 1.60 bits per heavy atom. The van der Waals surface area contributed by atoms with Crippen LogP contribution in [0.25, 0.3) is 15.6 Å². The average molecular weight is 585 g/mol. The van der Waals surface area contributed by atoms with Gasteiger partial charge in [-0.15, -0.1) is 0 Å². The lowest BCUT2D eigenvalue weighted by Gasteiger charge is -2.37. The Morgan fingerprint density at radius 1 is 0.977 bits per heavy atom. The van der Waals surface area contributed by atoms with Crippen molar-refractivity contribution in [2.45, 2.75) is 90.4 Å². The maximum atomic E-state index is 13.4. The first-order valence-electron chi connectivity index (χ1n) is 16.0. The molecule has 0 radical (unpaired) electrons. The zero-order chi connectivity index (χ0) is 30.6. The van der Waals surface area contributed by atoms with Gasteiger partial charge in [0, 0.05) is 16.8 Å². The monoisotopic (exact) mass is 584 g/mol. The van der Waals surface area contributed by atoms with Gasteiger partial charge in [-0.25, -0.2) is 9.64 Å². The molecule has 0 bridgehead atoms. The Kier molecular flexibility index (Phi) is 12.0. The summed E-state index contributed by atoms with van der Waals surface area (Å²) in [6.45, 7) is 14.0. The molecule has 2 aromatic carbocycles. The van der Waals surface area contributed by atoms with Crippen molar-refractivity contribution in [2.75, 3.05) is 13.2 Å². The van der Waals surface area contributed by atoms with Crippen molar-refractivity contribution in [3.8, 4) is 17.6 Å². The molecule has 7 nitrogen and oxygen atoms in total. The minimum atomic E-state index is -0.473. The zero-order valence-corrected chi connectivity index (χ0v) is 25.4. The van der Waals surface area contributed by atoms with E-state index in [0.717, 1.165) is 43.6 Å². The molecule has 2 fully saturated rings. The largest absolute Gasteiger partial charge is 0.504 e. The molecule has 0 spiro atoms. The maximum absolute atomic E-state index is 13.4. The molecule has 228 valence electrons. The van der Waals surface area contributed by atoms with Crippen molar-refractivity contribution in [3.63, 3.8) is 0 Å². The second-order valence-electron chi connectivity index (χ2n) is 12.0. The third kappa shape index (κ3) is 8.17. The highest BCUT2D eigenvalue weighted by molar-refractivity contribution is 6.02. The van der Waals surface area contributed by atoms with Gasteiger partial charge in [0.1, 0.15) is 17.1 Å². The van der Waals surface area contributed by atoms with Crippen LogP contribution in [0.4, 0.5) is 5.69 Å². The summed E-state index contributed by atoms with van der Waals surface area (Å²) in [5.74, 6) is 1.81. The first-order valence-corrected chi connectivity index (χ1v) is 16.0. The van der Waals surface area contributed by atoms with Gasteiger partial charge in [0.15, 0.2) is 0 Å². The van der Waals surface area contributed by atoms with Gasteiger partial charge < -0.3 is 14.2 Å². The van der Waals surface area contributed by atoms with E-state index in [0.29, 0.717) is 35.3 Å². The average Bonchev–Trinajstić information content (AvgIpc) is 3.05. The van der Waals surface area contributed by atoms with Crippen LogP contribution < -0.4 is 9.47 Å². The lowest BCUT2D eigenvalue weighted by atomic mass is 9.68. The van der Waals surface area contributed by atoms with Gasteiger partial charge in [-0.1, -0.05) is 69.9 Å². The molecule has 0 N–H and O–H groups in total. The summed E-state index contributed by atoms with van der Waals surface area (Å²) in [7, 11) is 0. The third-order valence-electron chi connectivity index (χ3n) is 9.35. The van der Waals surface area contributed by atoms with E-state index >= 15 is 0 Å². The minimum absolute atomic E-state index is 0.0190. The van der Waals surface area contributed by atoms with E-state index in [4.69, 9.17) is 20.8 Å². The highest BCUT2D eigenvalue weighted by atomic mass is 16.5. The van der Waals surface area contributed by atoms with E-state index in [9.17, 15) is 14.9 Å². The highest BCUT2D eigenvalue weighted by Gasteiger charge is 2.34. The maximum Gasteiger partial charge on any atom is 0.330 e. The number of hydrogen-bond donors (Lipinski definition) is 0. The van der Waals surface area contributed by atoms with Crippen molar-refractivity contribution in [1.29, 1.82) is 5.26 Å². The molecule has 2 aliphatic carbocycles.